The van der Waals surface area contributed by atoms with Gasteiger partial charge >= 0.3 is 0 Å². The number of hydrogen-bond acceptors (Lipinski definition) is 2. The van der Waals surface area contributed by atoms with Gasteiger partial charge in [-0.2, -0.15) is 0 Å². The van der Waals surface area contributed by atoms with Gasteiger partial charge in [0, 0.05) is 43.4 Å². The second kappa shape index (κ2) is 4.96. The first-order valence-electron chi connectivity index (χ1n) is 5.92. The number of carbonyl (C=O) groups is 1. The Morgan fingerprint density at radius 3 is 2.70 bits per heavy atom. The summed E-state index contributed by atoms with van der Waals surface area (Å²) in [4.78, 5) is 15.7. The smallest absolute Gasteiger partial charge is 0.197 e. The summed E-state index contributed by atoms with van der Waals surface area (Å²) in [5.74, 6) is -0.122. The van der Waals surface area contributed by atoms with Crippen molar-refractivity contribution in [1.82, 2.24) is 4.98 Å². The molecule has 0 spiro atoms. The maximum Gasteiger partial charge on any atom is 0.197 e. The van der Waals surface area contributed by atoms with Crippen molar-refractivity contribution in [2.75, 3.05) is 5.73 Å². The zero-order chi connectivity index (χ0) is 14.3. The van der Waals surface area contributed by atoms with Gasteiger partial charge in [0.1, 0.15) is 0 Å². The van der Waals surface area contributed by atoms with Crippen molar-refractivity contribution in [3.05, 3.63) is 63.2 Å². The zero-order valence-electron chi connectivity index (χ0n) is 10.3. The molecule has 0 atom stereocenters. The maximum atomic E-state index is 12.6. The molecule has 0 saturated carbocycles. The van der Waals surface area contributed by atoms with Gasteiger partial charge in [0.25, 0.3) is 0 Å². The zero-order valence-corrected chi connectivity index (χ0v) is 12.6. The quantitative estimate of drug-likeness (QED) is 0.532. The normalized spacial score (nSPS) is 10.9. The van der Waals surface area contributed by atoms with Crippen LogP contribution in [-0.4, -0.2) is 10.8 Å². The van der Waals surface area contributed by atoms with Gasteiger partial charge < -0.3 is 10.7 Å². The Hall–Kier alpha value is -1.78. The van der Waals surface area contributed by atoms with Crippen LogP contribution in [0.1, 0.15) is 15.9 Å². The molecule has 0 unspecified atom stereocenters. The average Bonchev–Trinajstić information content (AvgIpc) is 2.81. The number of anilines is 1. The number of aromatic amines is 1. The van der Waals surface area contributed by atoms with Crippen LogP contribution in [-0.2, 0) is 0 Å². The van der Waals surface area contributed by atoms with Crippen LogP contribution in [0.2, 0.25) is 5.02 Å². The molecule has 3 aromatic rings. The summed E-state index contributed by atoms with van der Waals surface area (Å²) in [6.45, 7) is 0. The Kier molecular flexibility index (Phi) is 3.28. The van der Waals surface area contributed by atoms with Crippen molar-refractivity contribution < 1.29 is 4.79 Å². The topological polar surface area (TPSA) is 58.9 Å². The number of nitrogens with two attached hydrogens (primary N) is 1. The molecule has 3 nitrogen and oxygen atoms in total. The number of nitrogen functional groups attached to an aromatic ring is 1. The SMILES string of the molecule is Nc1cc(Cl)ccc1C(=O)c1c[nH]c2ccc(Br)cc12. The van der Waals surface area contributed by atoms with Crippen LogP contribution >= 0.6 is 27.5 Å². The van der Waals surface area contributed by atoms with Gasteiger partial charge in [-0.15, -0.1) is 0 Å². The van der Waals surface area contributed by atoms with E-state index in [-0.39, 0.29) is 5.78 Å². The summed E-state index contributed by atoms with van der Waals surface area (Å²) in [6.07, 6.45) is 1.70. The van der Waals surface area contributed by atoms with Crippen LogP contribution in [0.5, 0.6) is 0 Å². The van der Waals surface area contributed by atoms with Gasteiger partial charge in [-0.1, -0.05) is 27.5 Å². The van der Waals surface area contributed by atoms with E-state index in [1.807, 2.05) is 18.2 Å². The average molecular weight is 350 g/mol. The van der Waals surface area contributed by atoms with Crippen molar-refractivity contribution in [1.29, 1.82) is 0 Å². The monoisotopic (exact) mass is 348 g/mol. The van der Waals surface area contributed by atoms with Crippen molar-refractivity contribution >= 4 is 49.9 Å². The van der Waals surface area contributed by atoms with Gasteiger partial charge in [-0.3, -0.25) is 4.79 Å². The largest absolute Gasteiger partial charge is 0.398 e. The van der Waals surface area contributed by atoms with Gasteiger partial charge in [0.2, 0.25) is 0 Å². The number of fused-ring (bicyclic) bond motifs is 1. The molecule has 0 aliphatic heterocycles. The number of rotatable bonds is 2. The lowest BCUT2D eigenvalue weighted by Crippen LogP contribution is -2.04. The highest BCUT2D eigenvalue weighted by Gasteiger charge is 2.16. The van der Waals surface area contributed by atoms with Gasteiger partial charge in [0.05, 0.1) is 0 Å². The third-order valence-electron chi connectivity index (χ3n) is 3.15. The van der Waals surface area contributed by atoms with E-state index in [0.717, 1.165) is 15.4 Å². The Morgan fingerprint density at radius 2 is 1.95 bits per heavy atom. The summed E-state index contributed by atoms with van der Waals surface area (Å²) in [7, 11) is 0. The number of benzene rings is 2. The number of carbonyl (C=O) groups excluding carboxylic acids is 1. The number of nitrogens with one attached hydrogen (secondary N) is 1. The van der Waals surface area contributed by atoms with Crippen LogP contribution in [0.15, 0.2) is 47.1 Å². The highest BCUT2D eigenvalue weighted by atomic mass is 79.9. The molecule has 0 fully saturated rings. The van der Waals surface area contributed by atoms with Gasteiger partial charge in [-0.05, 0) is 36.4 Å². The molecule has 100 valence electrons. The fraction of sp³-hybridized carbons (Fsp3) is 0. The molecular weight excluding hydrogens is 340 g/mol. The van der Waals surface area contributed by atoms with E-state index in [1.54, 1.807) is 24.4 Å². The summed E-state index contributed by atoms with van der Waals surface area (Å²) in [6, 6.07) is 10.6. The van der Waals surface area contributed by atoms with Gasteiger partial charge in [0.15, 0.2) is 5.78 Å². The maximum absolute atomic E-state index is 12.6. The highest BCUT2D eigenvalue weighted by molar-refractivity contribution is 9.10. The molecule has 0 radical (unpaired) electrons. The standard InChI is InChI=1S/C15H10BrClN2O/c16-8-1-4-14-11(5-8)12(7-19-14)15(20)10-3-2-9(17)6-13(10)18/h1-7,19H,18H2. The van der Waals surface area contributed by atoms with Crippen molar-refractivity contribution in [3.63, 3.8) is 0 Å². The minimum atomic E-state index is -0.122. The van der Waals surface area contributed by atoms with Crippen LogP contribution < -0.4 is 5.73 Å². The fourth-order valence-electron chi connectivity index (χ4n) is 2.17. The molecule has 0 bridgehead atoms. The molecule has 2 aromatic carbocycles. The molecule has 20 heavy (non-hydrogen) atoms. The predicted octanol–water partition coefficient (Wildman–Crippen LogP) is 4.40. The molecule has 0 amide bonds. The first kappa shape index (κ1) is 13.2. The van der Waals surface area contributed by atoms with Crippen molar-refractivity contribution in [2.45, 2.75) is 0 Å². The predicted molar refractivity (Wildman–Crippen MR) is 85.3 cm³/mol. The number of ketones is 1. The minimum Gasteiger partial charge on any atom is -0.398 e. The van der Waals surface area contributed by atoms with E-state index >= 15 is 0 Å². The van der Waals surface area contributed by atoms with E-state index in [9.17, 15) is 4.79 Å². The Bertz CT molecular complexity index is 826. The fourth-order valence-corrected chi connectivity index (χ4v) is 2.71. The summed E-state index contributed by atoms with van der Waals surface area (Å²) < 4.78 is 0.919. The first-order valence-corrected chi connectivity index (χ1v) is 7.10. The lowest BCUT2D eigenvalue weighted by Gasteiger charge is -2.04. The number of halogens is 2. The second-order valence-corrected chi connectivity index (χ2v) is 5.81. The third-order valence-corrected chi connectivity index (χ3v) is 3.88. The van der Waals surface area contributed by atoms with E-state index < -0.39 is 0 Å². The van der Waals surface area contributed by atoms with E-state index in [2.05, 4.69) is 20.9 Å². The molecule has 5 heteroatoms. The van der Waals surface area contributed by atoms with Crippen LogP contribution in [0.3, 0.4) is 0 Å². The molecule has 3 N–H and O–H groups in total. The van der Waals surface area contributed by atoms with E-state index in [1.165, 1.54) is 0 Å². The Morgan fingerprint density at radius 1 is 1.15 bits per heavy atom. The van der Waals surface area contributed by atoms with Crippen molar-refractivity contribution in [2.24, 2.45) is 0 Å². The van der Waals surface area contributed by atoms with Crippen LogP contribution in [0.25, 0.3) is 10.9 Å². The lowest BCUT2D eigenvalue weighted by molar-refractivity contribution is 0.104. The molecule has 1 heterocycles. The minimum absolute atomic E-state index is 0.122. The lowest BCUT2D eigenvalue weighted by atomic mass is 10.0. The van der Waals surface area contributed by atoms with Crippen molar-refractivity contribution in [3.8, 4) is 0 Å². The molecular formula is C15H10BrClN2O. The summed E-state index contributed by atoms with van der Waals surface area (Å²) in [5.41, 5.74) is 8.21. The molecule has 0 aliphatic carbocycles. The number of aromatic nitrogens is 1. The Balaban J connectivity index is 2.15. The highest BCUT2D eigenvalue weighted by Crippen LogP contribution is 2.27. The van der Waals surface area contributed by atoms with E-state index in [0.29, 0.717) is 21.8 Å². The number of H-pyrrole nitrogens is 1. The molecule has 0 aliphatic rings. The second-order valence-electron chi connectivity index (χ2n) is 4.45. The summed E-state index contributed by atoms with van der Waals surface area (Å²) >= 11 is 9.27. The van der Waals surface area contributed by atoms with Crippen LogP contribution in [0, 0.1) is 0 Å². The third kappa shape index (κ3) is 2.21. The molecule has 1 aromatic heterocycles. The molecule has 0 saturated heterocycles. The molecule has 3 rings (SSSR count). The number of hydrogen-bond donors (Lipinski definition) is 2. The Labute approximate surface area is 128 Å². The van der Waals surface area contributed by atoms with Gasteiger partial charge in [-0.25, -0.2) is 0 Å². The summed E-state index contributed by atoms with van der Waals surface area (Å²) in [5, 5.41) is 1.37. The first-order chi connectivity index (χ1) is 9.56. The van der Waals surface area contributed by atoms with E-state index in [4.69, 9.17) is 17.3 Å². The van der Waals surface area contributed by atoms with Crippen LogP contribution in [0.4, 0.5) is 5.69 Å².